The molecule has 0 atom stereocenters. The number of nitrogens with zero attached hydrogens (tertiary/aromatic N) is 1. The van der Waals surface area contributed by atoms with Gasteiger partial charge in [0.05, 0.1) is 11.4 Å². The van der Waals surface area contributed by atoms with Crippen LogP contribution in [0.4, 0.5) is 0 Å². The summed E-state index contributed by atoms with van der Waals surface area (Å²) in [7, 11) is 0. The van der Waals surface area contributed by atoms with E-state index in [1.165, 1.54) is 16.7 Å². The van der Waals surface area contributed by atoms with Gasteiger partial charge in [-0.25, -0.2) is 4.98 Å². The number of benzene rings is 3. The Balaban J connectivity index is 1.87. The van der Waals surface area contributed by atoms with Gasteiger partial charge >= 0.3 is 0 Å². The van der Waals surface area contributed by atoms with Gasteiger partial charge < -0.3 is 4.98 Å². The topological polar surface area (TPSA) is 28.7 Å². The van der Waals surface area contributed by atoms with E-state index in [2.05, 4.69) is 105 Å². The number of aromatic amines is 1. The highest BCUT2D eigenvalue weighted by atomic mass is 14.9. The molecule has 2 heteroatoms. The van der Waals surface area contributed by atoms with Crippen molar-refractivity contribution in [3.05, 3.63) is 89.5 Å². The molecule has 0 amide bonds. The molecule has 0 unspecified atom stereocenters. The highest BCUT2D eigenvalue weighted by Gasteiger charge is 2.15. The fourth-order valence-electron chi connectivity index (χ4n) is 3.40. The zero-order chi connectivity index (χ0) is 19.7. The van der Waals surface area contributed by atoms with E-state index in [1.807, 2.05) is 0 Å². The quantitative estimate of drug-likeness (QED) is 0.408. The van der Waals surface area contributed by atoms with Crippen molar-refractivity contribution in [2.24, 2.45) is 0 Å². The van der Waals surface area contributed by atoms with Crippen LogP contribution in [0.3, 0.4) is 0 Å². The molecule has 0 spiro atoms. The molecule has 140 valence electrons. The van der Waals surface area contributed by atoms with Crippen molar-refractivity contribution < 1.29 is 0 Å². The maximum atomic E-state index is 5.02. The molecule has 1 aromatic heterocycles. The number of aryl methyl sites for hydroxylation is 2. The van der Waals surface area contributed by atoms with E-state index in [9.17, 15) is 0 Å². The molecule has 1 N–H and O–H groups in total. The zero-order valence-electron chi connectivity index (χ0n) is 17.0. The molecule has 4 aromatic rings. The van der Waals surface area contributed by atoms with Crippen molar-refractivity contribution in [2.45, 2.75) is 33.6 Å². The normalized spacial score (nSPS) is 11.2. The van der Waals surface area contributed by atoms with Crippen molar-refractivity contribution in [3.8, 4) is 33.9 Å². The smallest absolute Gasteiger partial charge is 0.138 e. The monoisotopic (exact) mass is 366 g/mol. The summed E-state index contributed by atoms with van der Waals surface area (Å²) in [5.74, 6) is 1.40. The molecule has 0 aliphatic carbocycles. The third-order valence-electron chi connectivity index (χ3n) is 5.20. The fourth-order valence-corrected chi connectivity index (χ4v) is 3.40. The van der Waals surface area contributed by atoms with Crippen LogP contribution in [0.1, 0.15) is 36.5 Å². The van der Waals surface area contributed by atoms with Crippen molar-refractivity contribution in [1.29, 1.82) is 0 Å². The second-order valence-corrected chi connectivity index (χ2v) is 7.82. The number of rotatable bonds is 4. The van der Waals surface area contributed by atoms with Gasteiger partial charge in [0, 0.05) is 16.7 Å². The molecule has 4 rings (SSSR count). The minimum absolute atomic E-state index is 0.489. The number of nitrogens with one attached hydrogen (secondary N) is 1. The van der Waals surface area contributed by atoms with Crippen molar-refractivity contribution in [3.63, 3.8) is 0 Å². The van der Waals surface area contributed by atoms with Gasteiger partial charge in [0.15, 0.2) is 0 Å². The number of imidazole rings is 1. The summed E-state index contributed by atoms with van der Waals surface area (Å²) in [6.07, 6.45) is 0. The predicted molar refractivity (Wildman–Crippen MR) is 118 cm³/mol. The van der Waals surface area contributed by atoms with Crippen molar-refractivity contribution in [2.75, 3.05) is 0 Å². The van der Waals surface area contributed by atoms with Gasteiger partial charge in [0.1, 0.15) is 5.82 Å². The largest absolute Gasteiger partial charge is 0.337 e. The molecule has 0 fully saturated rings. The Bertz CT molecular complexity index is 1020. The molecule has 0 aliphatic heterocycles. The average molecular weight is 367 g/mol. The van der Waals surface area contributed by atoms with Gasteiger partial charge in [-0.05, 0) is 31.4 Å². The first kappa shape index (κ1) is 18.2. The molecule has 3 aromatic carbocycles. The van der Waals surface area contributed by atoms with Crippen molar-refractivity contribution in [1.82, 2.24) is 9.97 Å². The van der Waals surface area contributed by atoms with E-state index in [4.69, 9.17) is 4.98 Å². The van der Waals surface area contributed by atoms with Crippen molar-refractivity contribution >= 4 is 0 Å². The van der Waals surface area contributed by atoms with Gasteiger partial charge in [-0.15, -0.1) is 0 Å². The summed E-state index contributed by atoms with van der Waals surface area (Å²) in [6.45, 7) is 8.66. The SMILES string of the molecule is Cc1ccc(-c2nc(-c3cccc(C(C)C)c3)[nH]c2-c2ccc(C)cc2)cc1. The van der Waals surface area contributed by atoms with Gasteiger partial charge in [-0.3, -0.25) is 0 Å². The average Bonchev–Trinajstić information content (AvgIpc) is 3.14. The Kier molecular flexibility index (Phi) is 4.87. The van der Waals surface area contributed by atoms with E-state index in [1.54, 1.807) is 0 Å². The van der Waals surface area contributed by atoms with E-state index in [0.29, 0.717) is 5.92 Å². The summed E-state index contributed by atoms with van der Waals surface area (Å²) in [6, 6.07) is 25.9. The Morgan fingerprint density at radius 3 is 1.93 bits per heavy atom. The third-order valence-corrected chi connectivity index (χ3v) is 5.20. The maximum Gasteiger partial charge on any atom is 0.138 e. The molecule has 28 heavy (non-hydrogen) atoms. The highest BCUT2D eigenvalue weighted by Crippen LogP contribution is 2.34. The van der Waals surface area contributed by atoms with Crippen LogP contribution in [0.2, 0.25) is 0 Å². The molecule has 0 saturated heterocycles. The molecule has 2 nitrogen and oxygen atoms in total. The van der Waals surface area contributed by atoms with Crippen LogP contribution in [0, 0.1) is 13.8 Å². The number of hydrogen-bond acceptors (Lipinski definition) is 1. The molecular weight excluding hydrogens is 340 g/mol. The summed E-state index contributed by atoms with van der Waals surface area (Å²) < 4.78 is 0. The third kappa shape index (κ3) is 3.63. The van der Waals surface area contributed by atoms with E-state index in [0.717, 1.165) is 33.9 Å². The lowest BCUT2D eigenvalue weighted by Crippen LogP contribution is -1.88. The molecule has 0 saturated carbocycles. The molecule has 0 radical (unpaired) electrons. The van der Waals surface area contributed by atoms with Crippen LogP contribution < -0.4 is 0 Å². The number of H-pyrrole nitrogens is 1. The first-order valence-corrected chi connectivity index (χ1v) is 9.85. The van der Waals surface area contributed by atoms with E-state index >= 15 is 0 Å². The Morgan fingerprint density at radius 2 is 1.32 bits per heavy atom. The van der Waals surface area contributed by atoms with Gasteiger partial charge in [-0.2, -0.15) is 0 Å². The van der Waals surface area contributed by atoms with Crippen LogP contribution in [0.25, 0.3) is 33.9 Å². The first-order chi connectivity index (χ1) is 13.5. The van der Waals surface area contributed by atoms with Crippen LogP contribution >= 0.6 is 0 Å². The van der Waals surface area contributed by atoms with E-state index < -0.39 is 0 Å². The second-order valence-electron chi connectivity index (χ2n) is 7.82. The Labute approximate surface area is 167 Å². The number of hydrogen-bond donors (Lipinski definition) is 1. The van der Waals surface area contributed by atoms with Crippen LogP contribution in [0.15, 0.2) is 72.8 Å². The second kappa shape index (κ2) is 7.47. The summed E-state index contributed by atoms with van der Waals surface area (Å²) in [5, 5.41) is 0. The molecular formula is C26H26N2. The highest BCUT2D eigenvalue weighted by molar-refractivity contribution is 5.81. The Hall–Kier alpha value is -3.13. The summed E-state index contributed by atoms with van der Waals surface area (Å²) in [4.78, 5) is 8.63. The van der Waals surface area contributed by atoms with Gasteiger partial charge in [-0.1, -0.05) is 91.7 Å². The number of aromatic nitrogens is 2. The summed E-state index contributed by atoms with van der Waals surface area (Å²) >= 11 is 0. The first-order valence-electron chi connectivity index (χ1n) is 9.85. The summed E-state index contributed by atoms with van der Waals surface area (Å²) in [5.41, 5.74) is 9.29. The van der Waals surface area contributed by atoms with Crippen LogP contribution in [0.5, 0.6) is 0 Å². The van der Waals surface area contributed by atoms with Gasteiger partial charge in [0.25, 0.3) is 0 Å². The predicted octanol–water partition coefficient (Wildman–Crippen LogP) is 7.15. The lowest BCUT2D eigenvalue weighted by molar-refractivity contribution is 0.867. The Morgan fingerprint density at radius 1 is 0.714 bits per heavy atom. The van der Waals surface area contributed by atoms with E-state index in [-0.39, 0.29) is 0 Å². The molecule has 1 heterocycles. The zero-order valence-corrected chi connectivity index (χ0v) is 17.0. The maximum absolute atomic E-state index is 5.02. The molecule has 0 aliphatic rings. The molecule has 0 bridgehead atoms. The lowest BCUT2D eigenvalue weighted by atomic mass is 10.0. The minimum atomic E-state index is 0.489. The van der Waals surface area contributed by atoms with Gasteiger partial charge in [0.2, 0.25) is 0 Å². The van der Waals surface area contributed by atoms with Crippen LogP contribution in [-0.4, -0.2) is 9.97 Å². The minimum Gasteiger partial charge on any atom is -0.337 e. The standard InChI is InChI=1S/C26H26N2/c1-17(2)22-6-5-7-23(16-22)26-27-24(20-12-8-18(3)9-13-20)25(28-26)21-14-10-19(4)11-15-21/h5-17H,1-4H3,(H,27,28). The fraction of sp³-hybridized carbons (Fsp3) is 0.192. The van der Waals surface area contributed by atoms with Crippen LogP contribution in [-0.2, 0) is 0 Å². The lowest BCUT2D eigenvalue weighted by Gasteiger charge is -2.06.